The van der Waals surface area contributed by atoms with Crippen LogP contribution in [-0.2, 0) is 0 Å². The van der Waals surface area contributed by atoms with E-state index in [4.69, 9.17) is 0 Å². The fraction of sp³-hybridized carbons (Fsp3) is 0.600. The van der Waals surface area contributed by atoms with E-state index in [1.54, 1.807) is 0 Å². The van der Waals surface area contributed by atoms with E-state index in [1.165, 1.54) is 44.5 Å². The Labute approximate surface area is 105 Å². The van der Waals surface area contributed by atoms with E-state index in [0.717, 1.165) is 6.54 Å². The summed E-state index contributed by atoms with van der Waals surface area (Å²) in [6.45, 7) is 7.24. The highest BCUT2D eigenvalue weighted by atomic mass is 15.1. The van der Waals surface area contributed by atoms with Crippen molar-refractivity contribution in [1.29, 1.82) is 0 Å². The predicted molar refractivity (Wildman–Crippen MR) is 73.2 cm³/mol. The summed E-state index contributed by atoms with van der Waals surface area (Å²) >= 11 is 0. The first-order valence-corrected chi connectivity index (χ1v) is 6.87. The number of hydrogen-bond donors (Lipinski definition) is 1. The predicted octanol–water partition coefficient (Wildman–Crippen LogP) is 2.82. The maximum absolute atomic E-state index is 3.60. The van der Waals surface area contributed by atoms with Gasteiger partial charge in [-0.05, 0) is 57.9 Å². The van der Waals surface area contributed by atoms with Crippen molar-refractivity contribution in [1.82, 2.24) is 10.2 Å². The van der Waals surface area contributed by atoms with Crippen LogP contribution in [-0.4, -0.2) is 31.1 Å². The van der Waals surface area contributed by atoms with Gasteiger partial charge in [-0.2, -0.15) is 0 Å². The lowest BCUT2D eigenvalue weighted by Gasteiger charge is -2.17. The lowest BCUT2D eigenvalue weighted by molar-refractivity contribution is 0.328. The molecule has 2 heteroatoms. The van der Waals surface area contributed by atoms with E-state index >= 15 is 0 Å². The molecule has 1 atom stereocenters. The molecule has 0 unspecified atom stereocenters. The Morgan fingerprint density at radius 3 is 2.59 bits per heavy atom. The number of likely N-dealkylation sites (tertiary alicyclic amines) is 1. The number of hydrogen-bond acceptors (Lipinski definition) is 2. The smallest absolute Gasteiger partial charge is 0.0291 e. The Morgan fingerprint density at radius 2 is 1.88 bits per heavy atom. The summed E-state index contributed by atoms with van der Waals surface area (Å²) < 4.78 is 0. The molecule has 0 bridgehead atoms. The summed E-state index contributed by atoms with van der Waals surface area (Å²) in [4.78, 5) is 2.58. The average molecular weight is 232 g/mol. The van der Waals surface area contributed by atoms with Crippen LogP contribution in [0.1, 0.15) is 37.8 Å². The zero-order valence-electron chi connectivity index (χ0n) is 10.9. The normalized spacial score (nSPS) is 18.4. The van der Waals surface area contributed by atoms with Crippen LogP contribution in [0.15, 0.2) is 30.3 Å². The average Bonchev–Trinajstić information content (AvgIpc) is 2.88. The van der Waals surface area contributed by atoms with Gasteiger partial charge in [0.25, 0.3) is 0 Å². The molecule has 1 fully saturated rings. The lowest BCUT2D eigenvalue weighted by Crippen LogP contribution is -2.26. The lowest BCUT2D eigenvalue weighted by atomic mass is 10.1. The fourth-order valence-corrected chi connectivity index (χ4v) is 2.49. The van der Waals surface area contributed by atoms with Crippen molar-refractivity contribution in [3.63, 3.8) is 0 Å². The van der Waals surface area contributed by atoms with E-state index in [1.807, 2.05) is 0 Å². The van der Waals surface area contributed by atoms with Crippen molar-refractivity contribution < 1.29 is 0 Å². The van der Waals surface area contributed by atoms with Crippen molar-refractivity contribution >= 4 is 0 Å². The van der Waals surface area contributed by atoms with E-state index in [2.05, 4.69) is 47.5 Å². The number of rotatable bonds is 6. The van der Waals surface area contributed by atoms with Crippen LogP contribution < -0.4 is 5.32 Å². The Hall–Kier alpha value is -0.860. The molecule has 0 aromatic heterocycles. The van der Waals surface area contributed by atoms with Gasteiger partial charge in [0.15, 0.2) is 0 Å². The summed E-state index contributed by atoms with van der Waals surface area (Å²) in [5, 5.41) is 3.60. The first-order chi connectivity index (χ1) is 8.36. The van der Waals surface area contributed by atoms with Gasteiger partial charge in [0.05, 0.1) is 0 Å². The van der Waals surface area contributed by atoms with Gasteiger partial charge in [0.2, 0.25) is 0 Å². The van der Waals surface area contributed by atoms with Crippen LogP contribution in [0.25, 0.3) is 0 Å². The topological polar surface area (TPSA) is 15.3 Å². The molecule has 17 heavy (non-hydrogen) atoms. The molecule has 1 aromatic rings. The third-order valence-electron chi connectivity index (χ3n) is 3.60. The summed E-state index contributed by atoms with van der Waals surface area (Å²) in [5.41, 5.74) is 1.38. The quantitative estimate of drug-likeness (QED) is 0.759. The molecule has 0 spiro atoms. The SMILES string of the molecule is C[C@@H](NCCCN1CCCC1)c1ccccc1. The molecule has 1 aliphatic rings. The van der Waals surface area contributed by atoms with Crippen molar-refractivity contribution in [2.45, 2.75) is 32.2 Å². The summed E-state index contributed by atoms with van der Waals surface area (Å²) in [5.74, 6) is 0. The fourth-order valence-electron chi connectivity index (χ4n) is 2.49. The Morgan fingerprint density at radius 1 is 1.18 bits per heavy atom. The molecule has 1 heterocycles. The van der Waals surface area contributed by atoms with Crippen LogP contribution in [0.3, 0.4) is 0 Å². The van der Waals surface area contributed by atoms with Crippen molar-refractivity contribution in [3.8, 4) is 0 Å². The van der Waals surface area contributed by atoms with Crippen LogP contribution in [0.5, 0.6) is 0 Å². The van der Waals surface area contributed by atoms with Gasteiger partial charge < -0.3 is 10.2 Å². The Kier molecular flexibility index (Phi) is 5.02. The molecule has 94 valence electrons. The minimum atomic E-state index is 0.467. The monoisotopic (exact) mass is 232 g/mol. The standard InChI is InChI=1S/C15H24N2/c1-14(15-8-3-2-4-9-15)16-10-7-13-17-11-5-6-12-17/h2-4,8-9,14,16H,5-7,10-13H2,1H3/t14-/m1/s1. The molecule has 1 N–H and O–H groups in total. The van der Waals surface area contributed by atoms with E-state index in [-0.39, 0.29) is 0 Å². The first kappa shape index (κ1) is 12.6. The van der Waals surface area contributed by atoms with Crippen LogP contribution >= 0.6 is 0 Å². The first-order valence-electron chi connectivity index (χ1n) is 6.87. The second-order valence-corrected chi connectivity index (χ2v) is 4.99. The Balaban J connectivity index is 1.61. The minimum absolute atomic E-state index is 0.467. The molecule has 0 radical (unpaired) electrons. The summed E-state index contributed by atoms with van der Waals surface area (Å²) in [7, 11) is 0. The maximum Gasteiger partial charge on any atom is 0.0291 e. The third-order valence-corrected chi connectivity index (χ3v) is 3.60. The molecule has 0 saturated carbocycles. The second-order valence-electron chi connectivity index (χ2n) is 4.99. The molecule has 0 amide bonds. The summed E-state index contributed by atoms with van der Waals surface area (Å²) in [6, 6.07) is 11.1. The molecule has 1 saturated heterocycles. The molecule has 0 aliphatic carbocycles. The molecular formula is C15H24N2. The number of nitrogens with zero attached hydrogens (tertiary/aromatic N) is 1. The summed E-state index contributed by atoms with van der Waals surface area (Å²) in [6.07, 6.45) is 4.05. The second kappa shape index (κ2) is 6.77. The largest absolute Gasteiger partial charge is 0.310 e. The molecular weight excluding hydrogens is 208 g/mol. The molecule has 2 nitrogen and oxygen atoms in total. The van der Waals surface area contributed by atoms with Gasteiger partial charge in [-0.15, -0.1) is 0 Å². The zero-order valence-corrected chi connectivity index (χ0v) is 10.9. The van der Waals surface area contributed by atoms with E-state index < -0.39 is 0 Å². The van der Waals surface area contributed by atoms with Gasteiger partial charge >= 0.3 is 0 Å². The highest BCUT2D eigenvalue weighted by Crippen LogP contribution is 2.11. The number of benzene rings is 1. The zero-order chi connectivity index (χ0) is 11.9. The van der Waals surface area contributed by atoms with Crippen LogP contribution in [0.4, 0.5) is 0 Å². The van der Waals surface area contributed by atoms with Crippen LogP contribution in [0.2, 0.25) is 0 Å². The molecule has 1 aromatic carbocycles. The van der Waals surface area contributed by atoms with Crippen molar-refractivity contribution in [2.24, 2.45) is 0 Å². The minimum Gasteiger partial charge on any atom is -0.310 e. The maximum atomic E-state index is 3.60. The third kappa shape index (κ3) is 4.14. The van der Waals surface area contributed by atoms with Gasteiger partial charge in [0, 0.05) is 6.04 Å². The van der Waals surface area contributed by atoms with Gasteiger partial charge in [0.1, 0.15) is 0 Å². The molecule has 2 rings (SSSR count). The number of nitrogens with one attached hydrogen (secondary N) is 1. The van der Waals surface area contributed by atoms with Crippen molar-refractivity contribution in [3.05, 3.63) is 35.9 Å². The van der Waals surface area contributed by atoms with Gasteiger partial charge in [-0.1, -0.05) is 30.3 Å². The van der Waals surface area contributed by atoms with Crippen LogP contribution in [0, 0.1) is 0 Å². The van der Waals surface area contributed by atoms with E-state index in [0.29, 0.717) is 6.04 Å². The van der Waals surface area contributed by atoms with E-state index in [9.17, 15) is 0 Å². The highest BCUT2D eigenvalue weighted by Gasteiger charge is 2.10. The van der Waals surface area contributed by atoms with Crippen molar-refractivity contribution in [2.75, 3.05) is 26.2 Å². The van der Waals surface area contributed by atoms with Gasteiger partial charge in [-0.25, -0.2) is 0 Å². The molecule has 1 aliphatic heterocycles. The highest BCUT2D eigenvalue weighted by molar-refractivity contribution is 5.17. The van der Waals surface area contributed by atoms with Gasteiger partial charge in [-0.3, -0.25) is 0 Å². The Bertz CT molecular complexity index is 304.